The Hall–Kier alpha value is -1.03. The summed E-state index contributed by atoms with van der Waals surface area (Å²) in [4.78, 5) is 14.6. The number of aryl methyl sites for hydroxylation is 1. The van der Waals surface area contributed by atoms with Gasteiger partial charge in [-0.25, -0.2) is 0 Å². The van der Waals surface area contributed by atoms with Gasteiger partial charge in [-0.15, -0.1) is 11.6 Å². The molecular formula is C14H22ClN3O. The highest BCUT2D eigenvalue weighted by molar-refractivity contribution is 6.18. The first-order valence-corrected chi connectivity index (χ1v) is 7.54. The normalized spacial score (nSPS) is 16.6. The molecule has 0 radical (unpaired) electrons. The molecule has 2 rings (SSSR count). The Morgan fingerprint density at radius 1 is 1.47 bits per heavy atom. The minimum Gasteiger partial charge on any atom is -0.334 e. The quantitative estimate of drug-likeness (QED) is 0.797. The fourth-order valence-corrected chi connectivity index (χ4v) is 2.98. The fraction of sp³-hybridized carbons (Fsp3) is 0.714. The Balaban J connectivity index is 2.18. The van der Waals surface area contributed by atoms with Crippen LogP contribution in [0.2, 0.25) is 0 Å². The minimum atomic E-state index is 0.0816. The Kier molecular flexibility index (Phi) is 4.86. The molecule has 0 unspecified atom stereocenters. The largest absolute Gasteiger partial charge is 0.334 e. The zero-order valence-electron chi connectivity index (χ0n) is 11.7. The third kappa shape index (κ3) is 3.11. The second-order valence-electron chi connectivity index (χ2n) is 5.25. The molecule has 1 fully saturated rings. The van der Waals surface area contributed by atoms with Crippen molar-refractivity contribution in [2.45, 2.75) is 45.1 Å². The van der Waals surface area contributed by atoms with Crippen molar-refractivity contribution in [2.24, 2.45) is 7.05 Å². The lowest BCUT2D eigenvalue weighted by molar-refractivity contribution is 0.0649. The van der Waals surface area contributed by atoms with Gasteiger partial charge >= 0.3 is 0 Å². The van der Waals surface area contributed by atoms with E-state index in [1.807, 2.05) is 18.9 Å². The van der Waals surface area contributed by atoms with E-state index in [0.717, 1.165) is 18.5 Å². The third-order valence-corrected chi connectivity index (χ3v) is 4.24. The van der Waals surface area contributed by atoms with Crippen molar-refractivity contribution in [3.8, 4) is 0 Å². The van der Waals surface area contributed by atoms with Crippen molar-refractivity contribution in [2.75, 3.05) is 12.4 Å². The highest BCUT2D eigenvalue weighted by Crippen LogP contribution is 2.24. The van der Waals surface area contributed by atoms with Gasteiger partial charge in [0.05, 0.1) is 11.8 Å². The molecule has 0 aliphatic heterocycles. The average Bonchev–Trinajstić information content (AvgIpc) is 2.77. The number of aromatic nitrogens is 2. The Labute approximate surface area is 119 Å². The van der Waals surface area contributed by atoms with Crippen LogP contribution in [-0.2, 0) is 7.05 Å². The molecule has 1 aliphatic rings. The average molecular weight is 284 g/mol. The molecule has 1 aromatic rings. The van der Waals surface area contributed by atoms with Gasteiger partial charge in [0.15, 0.2) is 0 Å². The summed E-state index contributed by atoms with van der Waals surface area (Å²) in [5.74, 6) is 0.569. The summed E-state index contributed by atoms with van der Waals surface area (Å²) in [5.41, 5.74) is 1.62. The van der Waals surface area contributed by atoms with Crippen LogP contribution < -0.4 is 0 Å². The van der Waals surface area contributed by atoms with Crippen LogP contribution in [0.15, 0.2) is 6.20 Å². The van der Waals surface area contributed by atoms with Crippen molar-refractivity contribution >= 4 is 17.5 Å². The van der Waals surface area contributed by atoms with Gasteiger partial charge in [-0.1, -0.05) is 19.3 Å². The standard InChI is InChI=1S/C14H22ClN3O/c1-11-13(10-16-17(11)2)14(19)18(9-8-15)12-6-4-3-5-7-12/h10,12H,3-9H2,1-2H3. The summed E-state index contributed by atoms with van der Waals surface area (Å²) < 4.78 is 1.74. The lowest BCUT2D eigenvalue weighted by atomic mass is 9.93. The molecule has 106 valence electrons. The predicted octanol–water partition coefficient (Wildman–Crippen LogP) is 2.74. The van der Waals surface area contributed by atoms with Crippen LogP contribution in [-0.4, -0.2) is 39.1 Å². The van der Waals surface area contributed by atoms with Crippen molar-refractivity contribution in [3.05, 3.63) is 17.5 Å². The maximum Gasteiger partial charge on any atom is 0.257 e. The van der Waals surface area contributed by atoms with Gasteiger partial charge in [0, 0.05) is 31.2 Å². The number of rotatable bonds is 4. The summed E-state index contributed by atoms with van der Waals surface area (Å²) in [5, 5.41) is 4.16. The smallest absolute Gasteiger partial charge is 0.257 e. The predicted molar refractivity (Wildman–Crippen MR) is 76.6 cm³/mol. The monoisotopic (exact) mass is 283 g/mol. The zero-order chi connectivity index (χ0) is 13.8. The van der Waals surface area contributed by atoms with Gasteiger partial charge in [0.2, 0.25) is 0 Å². The molecular weight excluding hydrogens is 262 g/mol. The molecule has 5 heteroatoms. The van der Waals surface area contributed by atoms with E-state index >= 15 is 0 Å². The van der Waals surface area contributed by atoms with Crippen LogP contribution in [0.25, 0.3) is 0 Å². The first-order chi connectivity index (χ1) is 9.15. The molecule has 1 amide bonds. The van der Waals surface area contributed by atoms with Gasteiger partial charge < -0.3 is 4.90 Å². The third-order valence-electron chi connectivity index (χ3n) is 4.07. The number of hydrogen-bond acceptors (Lipinski definition) is 2. The number of alkyl halides is 1. The molecule has 0 atom stereocenters. The van der Waals surface area contributed by atoms with Gasteiger partial charge in [-0.3, -0.25) is 9.48 Å². The second kappa shape index (κ2) is 6.42. The molecule has 4 nitrogen and oxygen atoms in total. The molecule has 0 N–H and O–H groups in total. The van der Waals surface area contributed by atoms with Gasteiger partial charge in [-0.05, 0) is 19.8 Å². The summed E-state index contributed by atoms with van der Waals surface area (Å²) in [6.45, 7) is 2.55. The lowest BCUT2D eigenvalue weighted by Crippen LogP contribution is -2.42. The van der Waals surface area contributed by atoms with E-state index < -0.39 is 0 Å². The van der Waals surface area contributed by atoms with E-state index in [1.54, 1.807) is 10.9 Å². The molecule has 0 spiro atoms. The number of nitrogens with zero attached hydrogens (tertiary/aromatic N) is 3. The number of hydrogen-bond donors (Lipinski definition) is 0. The molecule has 0 saturated heterocycles. The van der Waals surface area contributed by atoms with E-state index in [4.69, 9.17) is 11.6 Å². The van der Waals surface area contributed by atoms with Gasteiger partial charge in [0.1, 0.15) is 0 Å². The summed E-state index contributed by atoms with van der Waals surface area (Å²) >= 11 is 5.88. The number of amides is 1. The maximum atomic E-state index is 12.7. The van der Waals surface area contributed by atoms with Crippen molar-refractivity contribution in [1.29, 1.82) is 0 Å². The highest BCUT2D eigenvalue weighted by atomic mass is 35.5. The fourth-order valence-electron chi connectivity index (χ4n) is 2.80. The molecule has 19 heavy (non-hydrogen) atoms. The van der Waals surface area contributed by atoms with E-state index in [-0.39, 0.29) is 5.91 Å². The Bertz CT molecular complexity index is 438. The van der Waals surface area contributed by atoms with Crippen molar-refractivity contribution < 1.29 is 4.79 Å². The van der Waals surface area contributed by atoms with E-state index in [0.29, 0.717) is 24.0 Å². The molecule has 1 heterocycles. The molecule has 1 aliphatic carbocycles. The summed E-state index contributed by atoms with van der Waals surface area (Å²) in [7, 11) is 1.86. The van der Waals surface area contributed by atoms with E-state index in [1.165, 1.54) is 19.3 Å². The van der Waals surface area contributed by atoms with Crippen LogP contribution in [0.1, 0.15) is 48.2 Å². The van der Waals surface area contributed by atoms with Crippen LogP contribution in [0.4, 0.5) is 0 Å². The number of carbonyl (C=O) groups is 1. The van der Waals surface area contributed by atoms with Crippen molar-refractivity contribution in [3.63, 3.8) is 0 Å². The summed E-state index contributed by atoms with van der Waals surface area (Å²) in [6, 6.07) is 0.347. The lowest BCUT2D eigenvalue weighted by Gasteiger charge is -2.34. The van der Waals surface area contributed by atoms with Crippen LogP contribution in [0.5, 0.6) is 0 Å². The number of carbonyl (C=O) groups excluding carboxylic acids is 1. The number of halogens is 1. The molecule has 0 bridgehead atoms. The van der Waals surface area contributed by atoms with E-state index in [2.05, 4.69) is 5.10 Å². The minimum absolute atomic E-state index is 0.0816. The molecule has 1 saturated carbocycles. The Morgan fingerprint density at radius 3 is 2.68 bits per heavy atom. The van der Waals surface area contributed by atoms with Crippen LogP contribution in [0, 0.1) is 6.92 Å². The highest BCUT2D eigenvalue weighted by Gasteiger charge is 2.27. The van der Waals surface area contributed by atoms with Crippen LogP contribution in [0.3, 0.4) is 0 Å². The summed E-state index contributed by atoms with van der Waals surface area (Å²) in [6.07, 6.45) is 7.57. The second-order valence-corrected chi connectivity index (χ2v) is 5.62. The van der Waals surface area contributed by atoms with Crippen LogP contribution >= 0.6 is 11.6 Å². The van der Waals surface area contributed by atoms with E-state index in [9.17, 15) is 4.79 Å². The maximum absolute atomic E-state index is 12.7. The van der Waals surface area contributed by atoms with Gasteiger partial charge in [0.25, 0.3) is 5.91 Å². The Morgan fingerprint density at radius 2 is 2.16 bits per heavy atom. The molecule has 0 aromatic carbocycles. The van der Waals surface area contributed by atoms with Gasteiger partial charge in [-0.2, -0.15) is 5.10 Å². The topological polar surface area (TPSA) is 38.1 Å². The molecule has 1 aromatic heterocycles. The first-order valence-electron chi connectivity index (χ1n) is 7.00. The SMILES string of the molecule is Cc1c(C(=O)N(CCCl)C2CCCCC2)cnn1C. The van der Waals surface area contributed by atoms with Crippen molar-refractivity contribution in [1.82, 2.24) is 14.7 Å². The zero-order valence-corrected chi connectivity index (χ0v) is 12.5. The first kappa shape index (κ1) is 14.4.